The Morgan fingerprint density at radius 1 is 1.00 bits per heavy atom. The molecule has 134 valence electrons. The van der Waals surface area contributed by atoms with Crippen LogP contribution in [-0.4, -0.2) is 44.3 Å². The summed E-state index contributed by atoms with van der Waals surface area (Å²) in [4.78, 5) is 11.4. The lowest BCUT2D eigenvalue weighted by molar-refractivity contribution is 0.174. The molecular weight excluding hydrogens is 320 g/mol. The van der Waals surface area contributed by atoms with Gasteiger partial charge in [0.05, 0.1) is 13.1 Å². The summed E-state index contributed by atoms with van der Waals surface area (Å²) in [6.45, 7) is 3.47. The Hall–Kier alpha value is -1.80. The minimum atomic E-state index is 0.430. The van der Waals surface area contributed by atoms with Gasteiger partial charge in [0.1, 0.15) is 0 Å². The second kappa shape index (κ2) is 6.49. The van der Waals surface area contributed by atoms with Crippen LogP contribution in [0.2, 0.25) is 0 Å². The second-order valence-corrected chi connectivity index (χ2v) is 7.60. The molecule has 5 rings (SSSR count). The highest BCUT2D eigenvalue weighted by Crippen LogP contribution is 2.39. The summed E-state index contributed by atoms with van der Waals surface area (Å²) in [5.41, 5.74) is 0. The average molecular weight is 344 g/mol. The first-order valence-electron chi connectivity index (χ1n) is 9.44. The van der Waals surface area contributed by atoms with Crippen LogP contribution in [0.4, 0.5) is 0 Å². The van der Waals surface area contributed by atoms with Crippen molar-refractivity contribution in [2.45, 2.75) is 69.5 Å². The third kappa shape index (κ3) is 3.74. The van der Waals surface area contributed by atoms with E-state index in [9.17, 15) is 0 Å². The van der Waals surface area contributed by atoms with Crippen LogP contribution in [0.25, 0.3) is 0 Å². The van der Waals surface area contributed by atoms with Gasteiger partial charge in [-0.15, -0.1) is 0 Å². The summed E-state index contributed by atoms with van der Waals surface area (Å²) >= 11 is 0. The SMILES string of the molecule is C1C[C@H](NCc2nc(C3CC3)no2)CN(Cc2noc(C3CC3)n2)C1. The van der Waals surface area contributed by atoms with Gasteiger partial charge in [0.25, 0.3) is 0 Å². The van der Waals surface area contributed by atoms with E-state index < -0.39 is 0 Å². The van der Waals surface area contributed by atoms with Crippen molar-refractivity contribution in [1.82, 2.24) is 30.5 Å². The standard InChI is InChI=1S/C17H24N6O2/c1-2-13(18-8-15-20-16(22-24-15)11-3-4-11)9-23(7-1)10-14-19-17(25-21-14)12-5-6-12/h11-13,18H,1-10H2/t13-/m0/s1. The third-order valence-electron chi connectivity index (χ3n) is 5.25. The first kappa shape index (κ1) is 15.5. The molecule has 2 aromatic rings. The van der Waals surface area contributed by atoms with Crippen LogP contribution in [0.5, 0.6) is 0 Å². The van der Waals surface area contributed by atoms with Crippen molar-refractivity contribution >= 4 is 0 Å². The Kier molecular flexibility index (Phi) is 4.01. The van der Waals surface area contributed by atoms with Crippen LogP contribution < -0.4 is 5.32 Å². The van der Waals surface area contributed by atoms with E-state index in [1.54, 1.807) is 0 Å². The summed E-state index contributed by atoms with van der Waals surface area (Å²) in [6.07, 6.45) is 7.11. The quantitative estimate of drug-likeness (QED) is 0.815. The van der Waals surface area contributed by atoms with Crippen LogP contribution in [0.15, 0.2) is 9.05 Å². The number of piperidine rings is 1. The summed E-state index contributed by atoms with van der Waals surface area (Å²) < 4.78 is 10.7. The zero-order chi connectivity index (χ0) is 16.6. The molecule has 8 heteroatoms. The molecule has 0 unspecified atom stereocenters. The topological polar surface area (TPSA) is 93.1 Å². The summed E-state index contributed by atoms with van der Waals surface area (Å²) in [5, 5.41) is 11.8. The maximum atomic E-state index is 5.36. The first-order valence-corrected chi connectivity index (χ1v) is 9.44. The van der Waals surface area contributed by atoms with E-state index in [1.165, 1.54) is 38.5 Å². The van der Waals surface area contributed by atoms with Crippen molar-refractivity contribution in [3.05, 3.63) is 23.4 Å². The molecule has 1 atom stereocenters. The van der Waals surface area contributed by atoms with E-state index in [4.69, 9.17) is 9.05 Å². The van der Waals surface area contributed by atoms with Gasteiger partial charge in [0.2, 0.25) is 11.8 Å². The molecule has 0 spiro atoms. The van der Waals surface area contributed by atoms with E-state index in [-0.39, 0.29) is 0 Å². The largest absolute Gasteiger partial charge is 0.339 e. The number of hydrogen-bond donors (Lipinski definition) is 1. The molecule has 0 amide bonds. The summed E-state index contributed by atoms with van der Waals surface area (Å²) in [5.74, 6) is 4.28. The van der Waals surface area contributed by atoms with Crippen molar-refractivity contribution in [1.29, 1.82) is 0 Å². The zero-order valence-corrected chi connectivity index (χ0v) is 14.4. The fraction of sp³-hybridized carbons (Fsp3) is 0.765. The van der Waals surface area contributed by atoms with E-state index in [0.29, 0.717) is 30.3 Å². The summed E-state index contributed by atoms with van der Waals surface area (Å²) in [7, 11) is 0. The number of nitrogens with one attached hydrogen (secondary N) is 1. The van der Waals surface area contributed by atoms with Crippen molar-refractivity contribution in [3.8, 4) is 0 Å². The van der Waals surface area contributed by atoms with E-state index in [2.05, 4.69) is 30.5 Å². The molecule has 3 aliphatic rings. The third-order valence-corrected chi connectivity index (χ3v) is 5.25. The van der Waals surface area contributed by atoms with Gasteiger partial charge in [-0.1, -0.05) is 10.3 Å². The van der Waals surface area contributed by atoms with Crippen molar-refractivity contribution in [2.75, 3.05) is 13.1 Å². The van der Waals surface area contributed by atoms with Crippen LogP contribution in [-0.2, 0) is 13.1 Å². The van der Waals surface area contributed by atoms with Crippen molar-refractivity contribution in [2.24, 2.45) is 0 Å². The minimum absolute atomic E-state index is 0.430. The van der Waals surface area contributed by atoms with Crippen LogP contribution in [0.1, 0.15) is 73.8 Å². The first-order chi connectivity index (χ1) is 12.3. The monoisotopic (exact) mass is 344 g/mol. The van der Waals surface area contributed by atoms with Gasteiger partial charge in [0.15, 0.2) is 11.6 Å². The number of hydrogen-bond acceptors (Lipinski definition) is 8. The second-order valence-electron chi connectivity index (χ2n) is 7.60. The van der Waals surface area contributed by atoms with Gasteiger partial charge < -0.3 is 14.4 Å². The molecule has 0 bridgehead atoms. The lowest BCUT2D eigenvalue weighted by Crippen LogP contribution is -2.45. The fourth-order valence-electron chi connectivity index (χ4n) is 3.47. The molecule has 3 heterocycles. The maximum Gasteiger partial charge on any atom is 0.240 e. The lowest BCUT2D eigenvalue weighted by atomic mass is 10.1. The van der Waals surface area contributed by atoms with E-state index >= 15 is 0 Å². The molecule has 25 heavy (non-hydrogen) atoms. The average Bonchev–Trinajstić information content (AvgIpc) is 3.56. The van der Waals surface area contributed by atoms with Gasteiger partial charge >= 0.3 is 0 Å². The number of rotatable bonds is 7. The molecular formula is C17H24N6O2. The lowest BCUT2D eigenvalue weighted by Gasteiger charge is -2.32. The fourth-order valence-corrected chi connectivity index (χ4v) is 3.47. The molecule has 1 saturated heterocycles. The zero-order valence-electron chi connectivity index (χ0n) is 14.4. The molecule has 8 nitrogen and oxygen atoms in total. The molecule has 2 saturated carbocycles. The Morgan fingerprint density at radius 3 is 2.72 bits per heavy atom. The molecule has 0 radical (unpaired) electrons. The van der Waals surface area contributed by atoms with Gasteiger partial charge in [-0.2, -0.15) is 9.97 Å². The number of nitrogens with zero attached hydrogens (tertiary/aromatic N) is 5. The molecule has 2 aliphatic carbocycles. The van der Waals surface area contributed by atoms with Crippen LogP contribution in [0.3, 0.4) is 0 Å². The molecule has 3 fully saturated rings. The normalized spacial score (nSPS) is 24.7. The highest BCUT2D eigenvalue weighted by atomic mass is 16.5. The van der Waals surface area contributed by atoms with Crippen LogP contribution in [0, 0.1) is 0 Å². The number of likely N-dealkylation sites (tertiary alicyclic amines) is 1. The van der Waals surface area contributed by atoms with Crippen molar-refractivity contribution in [3.63, 3.8) is 0 Å². The Labute approximate surface area is 146 Å². The highest BCUT2D eigenvalue weighted by Gasteiger charge is 2.31. The van der Waals surface area contributed by atoms with Gasteiger partial charge in [0, 0.05) is 24.4 Å². The Bertz CT molecular complexity index is 720. The van der Waals surface area contributed by atoms with Gasteiger partial charge in [-0.25, -0.2) is 0 Å². The van der Waals surface area contributed by atoms with Gasteiger partial charge in [-0.05, 0) is 45.1 Å². The predicted molar refractivity (Wildman–Crippen MR) is 87.7 cm³/mol. The van der Waals surface area contributed by atoms with E-state index in [1.807, 2.05) is 0 Å². The Balaban J connectivity index is 1.12. The maximum absolute atomic E-state index is 5.36. The van der Waals surface area contributed by atoms with Crippen molar-refractivity contribution < 1.29 is 9.05 Å². The molecule has 2 aromatic heterocycles. The predicted octanol–water partition coefficient (Wildman–Crippen LogP) is 1.96. The van der Waals surface area contributed by atoms with Gasteiger partial charge in [-0.3, -0.25) is 4.90 Å². The molecule has 0 aromatic carbocycles. The van der Waals surface area contributed by atoms with Crippen LogP contribution >= 0.6 is 0 Å². The Morgan fingerprint density at radius 2 is 1.88 bits per heavy atom. The number of aromatic nitrogens is 4. The molecule has 1 aliphatic heterocycles. The minimum Gasteiger partial charge on any atom is -0.339 e. The molecule has 1 N–H and O–H groups in total. The van der Waals surface area contributed by atoms with E-state index in [0.717, 1.165) is 37.2 Å². The smallest absolute Gasteiger partial charge is 0.240 e. The summed E-state index contributed by atoms with van der Waals surface area (Å²) in [6, 6.07) is 0.430. The highest BCUT2D eigenvalue weighted by molar-refractivity contribution is 5.03.